The molecule has 1 nitrogen and oxygen atoms in total. The summed E-state index contributed by atoms with van der Waals surface area (Å²) in [6.45, 7) is 18.8. The second-order valence-corrected chi connectivity index (χ2v) is 15.0. The summed E-state index contributed by atoms with van der Waals surface area (Å²) in [6, 6.07) is 16.1. The van der Waals surface area contributed by atoms with Crippen LogP contribution in [0, 0.1) is 13.8 Å². The lowest BCUT2D eigenvalue weighted by atomic mass is 9.83. The summed E-state index contributed by atoms with van der Waals surface area (Å²) >= 11 is 0. The Bertz CT molecular complexity index is 1020. The molecule has 0 atom stereocenters. The van der Waals surface area contributed by atoms with Crippen LogP contribution >= 0.6 is 0 Å². The second-order valence-electron chi connectivity index (χ2n) is 9.99. The summed E-state index contributed by atoms with van der Waals surface area (Å²) in [5.74, 6) is 0. The number of nitrogens with zero attached hydrogens (tertiary/aromatic N) is 1. The van der Waals surface area contributed by atoms with E-state index in [0.717, 1.165) is 0 Å². The maximum atomic E-state index is 2.47. The van der Waals surface area contributed by atoms with Crippen LogP contribution < -0.4 is 9.75 Å². The molecule has 3 rings (SSSR count). The normalized spacial score (nSPS) is 12.6. The van der Waals surface area contributed by atoms with Gasteiger partial charge in [0.25, 0.3) is 0 Å². The first-order chi connectivity index (χ1) is 12.4. The molecular weight excluding hydrogens is 342 g/mol. The number of rotatable bonds is 2. The SMILES string of the molecule is Cc1cc(C(C)(C)C)cc(-c2cc([Si](C)(C)C)c3ccccc3[n+]2C)c1C. The molecule has 142 valence electrons. The fraction of sp³-hybridized carbons (Fsp3) is 0.400. The lowest BCUT2D eigenvalue weighted by Gasteiger charge is -2.23. The highest BCUT2D eigenvalue weighted by Crippen LogP contribution is 2.32. The number of benzene rings is 2. The van der Waals surface area contributed by atoms with Gasteiger partial charge in [-0.2, -0.15) is 4.57 Å². The molecule has 0 fully saturated rings. The van der Waals surface area contributed by atoms with Crippen LogP contribution in [-0.4, -0.2) is 8.07 Å². The summed E-state index contributed by atoms with van der Waals surface area (Å²) < 4.78 is 2.38. The van der Waals surface area contributed by atoms with Gasteiger partial charge in [-0.15, -0.1) is 0 Å². The highest BCUT2D eigenvalue weighted by molar-refractivity contribution is 6.90. The van der Waals surface area contributed by atoms with Crippen molar-refractivity contribution in [3.05, 3.63) is 59.2 Å². The minimum absolute atomic E-state index is 0.143. The van der Waals surface area contributed by atoms with Gasteiger partial charge in [0.2, 0.25) is 11.2 Å². The molecule has 3 aromatic rings. The zero-order valence-corrected chi connectivity index (χ0v) is 19.5. The molecular formula is C25H34NSi+. The Hall–Kier alpha value is -1.93. The predicted molar refractivity (Wildman–Crippen MR) is 122 cm³/mol. The Balaban J connectivity index is 2.43. The van der Waals surface area contributed by atoms with E-state index in [9.17, 15) is 0 Å². The third-order valence-corrected chi connectivity index (χ3v) is 7.85. The van der Waals surface area contributed by atoms with Gasteiger partial charge in [-0.1, -0.05) is 58.6 Å². The van der Waals surface area contributed by atoms with Gasteiger partial charge in [0.1, 0.15) is 7.05 Å². The largest absolute Gasteiger partial charge is 0.212 e. The Morgan fingerprint density at radius 2 is 1.52 bits per heavy atom. The van der Waals surface area contributed by atoms with E-state index in [1.165, 1.54) is 38.9 Å². The van der Waals surface area contributed by atoms with Crippen LogP contribution in [0.3, 0.4) is 0 Å². The van der Waals surface area contributed by atoms with Crippen molar-refractivity contribution < 1.29 is 4.57 Å². The van der Waals surface area contributed by atoms with Crippen molar-refractivity contribution in [1.29, 1.82) is 0 Å². The van der Waals surface area contributed by atoms with E-state index in [1.807, 2.05) is 0 Å². The first-order valence-electron chi connectivity index (χ1n) is 9.95. The maximum absolute atomic E-state index is 2.47. The fourth-order valence-electron chi connectivity index (χ4n) is 3.87. The lowest BCUT2D eigenvalue weighted by Crippen LogP contribution is -2.43. The van der Waals surface area contributed by atoms with Gasteiger partial charge in [0.15, 0.2) is 0 Å². The number of aryl methyl sites for hydroxylation is 2. The molecule has 0 unspecified atom stereocenters. The van der Waals surface area contributed by atoms with Gasteiger partial charge in [-0.3, -0.25) is 0 Å². The van der Waals surface area contributed by atoms with Crippen molar-refractivity contribution in [3.63, 3.8) is 0 Å². The number of hydrogen-bond acceptors (Lipinski definition) is 0. The lowest BCUT2D eigenvalue weighted by molar-refractivity contribution is -0.633. The fourth-order valence-corrected chi connectivity index (χ4v) is 5.46. The Kier molecular flexibility index (Phi) is 4.84. The first kappa shape index (κ1) is 19.8. The van der Waals surface area contributed by atoms with E-state index in [-0.39, 0.29) is 5.41 Å². The van der Waals surface area contributed by atoms with E-state index < -0.39 is 8.07 Å². The molecule has 2 heteroatoms. The molecule has 0 saturated heterocycles. The topological polar surface area (TPSA) is 3.88 Å². The zero-order chi connectivity index (χ0) is 20.1. The van der Waals surface area contributed by atoms with Crippen LogP contribution in [0.5, 0.6) is 0 Å². The molecule has 1 aromatic heterocycles. The Labute approximate surface area is 166 Å². The summed E-state index contributed by atoms with van der Waals surface area (Å²) in [7, 11) is 0.733. The summed E-state index contributed by atoms with van der Waals surface area (Å²) in [6.07, 6.45) is 0. The van der Waals surface area contributed by atoms with Crippen molar-refractivity contribution in [2.24, 2.45) is 7.05 Å². The zero-order valence-electron chi connectivity index (χ0n) is 18.5. The standard InChI is InChI=1S/C25H34NSi/c1-17-14-19(25(3,4)5)15-21(18(17)2)23-16-24(27(7,8)9)20-12-10-11-13-22(20)26(23)6/h10-16H,1-9H3/q+1. The highest BCUT2D eigenvalue weighted by Gasteiger charge is 2.27. The van der Waals surface area contributed by atoms with E-state index >= 15 is 0 Å². The molecule has 0 aliphatic rings. The highest BCUT2D eigenvalue weighted by atomic mass is 28.3. The van der Waals surface area contributed by atoms with Crippen LogP contribution in [0.1, 0.15) is 37.5 Å². The molecule has 0 spiro atoms. The monoisotopic (exact) mass is 376 g/mol. The molecule has 27 heavy (non-hydrogen) atoms. The molecule has 0 bridgehead atoms. The number of fused-ring (bicyclic) bond motifs is 1. The smallest absolute Gasteiger partial charge is 0.194 e. The van der Waals surface area contributed by atoms with Crippen molar-refractivity contribution in [1.82, 2.24) is 0 Å². The molecule has 0 saturated carbocycles. The van der Waals surface area contributed by atoms with Crippen LogP contribution in [0.4, 0.5) is 0 Å². The van der Waals surface area contributed by atoms with Crippen LogP contribution in [-0.2, 0) is 12.5 Å². The van der Waals surface area contributed by atoms with Crippen LogP contribution in [0.15, 0.2) is 42.5 Å². The van der Waals surface area contributed by atoms with Gasteiger partial charge >= 0.3 is 0 Å². The molecule has 0 N–H and O–H groups in total. The van der Waals surface area contributed by atoms with Gasteiger partial charge in [-0.05, 0) is 53.3 Å². The quantitative estimate of drug-likeness (QED) is 0.394. The van der Waals surface area contributed by atoms with Crippen molar-refractivity contribution >= 4 is 24.2 Å². The van der Waals surface area contributed by atoms with E-state index in [4.69, 9.17) is 0 Å². The number of aromatic nitrogens is 1. The van der Waals surface area contributed by atoms with Gasteiger partial charge in [-0.25, -0.2) is 0 Å². The molecule has 0 amide bonds. The maximum Gasteiger partial charge on any atom is 0.212 e. The molecule has 0 aliphatic heterocycles. The summed E-state index contributed by atoms with van der Waals surface area (Å²) in [4.78, 5) is 0. The Morgan fingerprint density at radius 1 is 0.889 bits per heavy atom. The third kappa shape index (κ3) is 3.60. The summed E-state index contributed by atoms with van der Waals surface area (Å²) in [5, 5.41) is 2.95. The first-order valence-corrected chi connectivity index (χ1v) is 13.5. The molecule has 0 radical (unpaired) electrons. The third-order valence-electron chi connectivity index (χ3n) is 5.82. The summed E-state index contributed by atoms with van der Waals surface area (Å²) in [5.41, 5.74) is 8.33. The Morgan fingerprint density at radius 3 is 2.11 bits per heavy atom. The van der Waals surface area contributed by atoms with Crippen LogP contribution in [0.25, 0.3) is 22.2 Å². The molecule has 2 aromatic carbocycles. The number of hydrogen-bond donors (Lipinski definition) is 0. The molecule has 1 heterocycles. The van der Waals surface area contributed by atoms with E-state index in [2.05, 4.69) is 108 Å². The van der Waals surface area contributed by atoms with E-state index in [0.29, 0.717) is 0 Å². The molecule has 0 aliphatic carbocycles. The van der Waals surface area contributed by atoms with Gasteiger partial charge in [0, 0.05) is 23.1 Å². The minimum atomic E-state index is -1.48. The van der Waals surface area contributed by atoms with E-state index in [1.54, 1.807) is 5.19 Å². The van der Waals surface area contributed by atoms with Crippen LogP contribution in [0.2, 0.25) is 19.6 Å². The minimum Gasteiger partial charge on any atom is -0.194 e. The van der Waals surface area contributed by atoms with Crippen molar-refractivity contribution in [2.75, 3.05) is 0 Å². The van der Waals surface area contributed by atoms with Gasteiger partial charge in [0.05, 0.1) is 8.07 Å². The predicted octanol–water partition coefficient (Wildman–Crippen LogP) is 5.79. The number of para-hydroxylation sites is 1. The van der Waals surface area contributed by atoms with Crippen molar-refractivity contribution in [3.8, 4) is 11.3 Å². The average Bonchev–Trinajstić information content (AvgIpc) is 2.56. The number of pyridine rings is 1. The second kappa shape index (κ2) is 6.59. The average molecular weight is 377 g/mol. The van der Waals surface area contributed by atoms with Gasteiger partial charge < -0.3 is 0 Å². The van der Waals surface area contributed by atoms with Crippen molar-refractivity contribution in [2.45, 2.75) is 59.7 Å².